The molecule has 2 unspecified atom stereocenters. The summed E-state index contributed by atoms with van der Waals surface area (Å²) in [4.78, 5) is 11.3. The Balaban J connectivity index is 1.88. The average Bonchev–Trinajstić information content (AvgIpc) is 2.51. The van der Waals surface area contributed by atoms with Crippen molar-refractivity contribution >= 4 is 5.97 Å². The van der Waals surface area contributed by atoms with Gasteiger partial charge in [-0.15, -0.1) is 0 Å². The molecule has 17 heavy (non-hydrogen) atoms. The van der Waals surface area contributed by atoms with Crippen LogP contribution in [-0.4, -0.2) is 31.6 Å². The molecule has 1 aliphatic heterocycles. The maximum Gasteiger partial charge on any atom is 0.310 e. The minimum atomic E-state index is -0.454. The average molecular weight is 240 g/mol. The monoisotopic (exact) mass is 240 g/mol. The van der Waals surface area contributed by atoms with E-state index in [4.69, 9.17) is 14.2 Å². The molecule has 4 heteroatoms. The topological polar surface area (TPSA) is 44.8 Å². The van der Waals surface area contributed by atoms with E-state index < -0.39 is 6.29 Å². The quantitative estimate of drug-likeness (QED) is 0.559. The van der Waals surface area contributed by atoms with E-state index in [1.54, 1.807) is 6.92 Å². The lowest BCUT2D eigenvalue weighted by molar-refractivity contribution is -0.198. The fourth-order valence-corrected chi connectivity index (χ4v) is 2.41. The van der Waals surface area contributed by atoms with Crippen molar-refractivity contribution in [2.45, 2.75) is 46.0 Å². The summed E-state index contributed by atoms with van der Waals surface area (Å²) in [7, 11) is 0. The van der Waals surface area contributed by atoms with Crippen LogP contribution in [0, 0.1) is 5.41 Å². The van der Waals surface area contributed by atoms with Crippen molar-refractivity contribution in [3.63, 3.8) is 0 Å². The molecular weight excluding hydrogens is 220 g/mol. The minimum absolute atomic E-state index is 0.109. The van der Waals surface area contributed by atoms with Gasteiger partial charge in [0, 0.05) is 0 Å². The minimum Gasteiger partial charge on any atom is -0.466 e. The van der Waals surface area contributed by atoms with Crippen LogP contribution in [0.1, 0.15) is 33.6 Å². The van der Waals surface area contributed by atoms with Crippen LogP contribution < -0.4 is 0 Å². The maximum atomic E-state index is 11.3. The third-order valence-electron chi connectivity index (χ3n) is 3.09. The smallest absolute Gasteiger partial charge is 0.310 e. The number of carbonyl (C=O) groups is 1. The first-order chi connectivity index (χ1) is 8.00. The van der Waals surface area contributed by atoms with Gasteiger partial charge in [0.25, 0.3) is 0 Å². The van der Waals surface area contributed by atoms with E-state index in [2.05, 4.69) is 19.9 Å². The molecule has 1 saturated heterocycles. The maximum absolute atomic E-state index is 11.3. The van der Waals surface area contributed by atoms with Gasteiger partial charge in [-0.1, -0.05) is 19.9 Å². The molecule has 0 aromatic rings. The molecule has 2 rings (SSSR count). The van der Waals surface area contributed by atoms with Gasteiger partial charge in [0.2, 0.25) is 0 Å². The number of esters is 1. The number of carbonyl (C=O) groups excluding carboxylic acids is 1. The van der Waals surface area contributed by atoms with Crippen LogP contribution in [0.4, 0.5) is 0 Å². The molecule has 1 aliphatic carbocycles. The van der Waals surface area contributed by atoms with Gasteiger partial charge in [0.15, 0.2) is 6.29 Å². The van der Waals surface area contributed by atoms with Crippen molar-refractivity contribution in [1.29, 1.82) is 0 Å². The molecular formula is C13H20O4. The van der Waals surface area contributed by atoms with Crippen LogP contribution in [0.15, 0.2) is 11.6 Å². The Morgan fingerprint density at radius 1 is 1.59 bits per heavy atom. The summed E-state index contributed by atoms with van der Waals surface area (Å²) in [6.07, 6.45) is 3.02. The predicted octanol–water partition coefficient (Wildman–Crippen LogP) is 2.04. The van der Waals surface area contributed by atoms with E-state index in [9.17, 15) is 4.79 Å². The van der Waals surface area contributed by atoms with Crippen molar-refractivity contribution in [3.8, 4) is 0 Å². The first-order valence-corrected chi connectivity index (χ1v) is 6.14. The van der Waals surface area contributed by atoms with E-state index in [1.807, 2.05) is 0 Å². The Labute approximate surface area is 102 Å². The number of fused-ring (bicyclic) bond motifs is 1. The molecule has 96 valence electrons. The van der Waals surface area contributed by atoms with Gasteiger partial charge in [-0.2, -0.15) is 0 Å². The summed E-state index contributed by atoms with van der Waals surface area (Å²) >= 11 is 0. The highest BCUT2D eigenvalue weighted by Crippen LogP contribution is 2.39. The highest BCUT2D eigenvalue weighted by molar-refractivity contribution is 5.69. The van der Waals surface area contributed by atoms with Crippen molar-refractivity contribution in [1.82, 2.24) is 0 Å². The number of hydrogen-bond donors (Lipinski definition) is 0. The van der Waals surface area contributed by atoms with Crippen LogP contribution in [0.2, 0.25) is 0 Å². The molecule has 0 bridgehead atoms. The number of ether oxygens (including phenoxy) is 3. The molecule has 0 aromatic heterocycles. The summed E-state index contributed by atoms with van der Waals surface area (Å²) in [6, 6.07) is 0. The number of rotatable bonds is 3. The number of allylic oxidation sites excluding steroid dienone is 1. The molecule has 0 spiro atoms. The lowest BCUT2D eigenvalue weighted by atomic mass is 9.93. The van der Waals surface area contributed by atoms with Crippen molar-refractivity contribution < 1.29 is 19.0 Å². The zero-order valence-corrected chi connectivity index (χ0v) is 10.7. The van der Waals surface area contributed by atoms with Crippen LogP contribution in [0.5, 0.6) is 0 Å². The van der Waals surface area contributed by atoms with Crippen molar-refractivity contribution in [3.05, 3.63) is 11.6 Å². The van der Waals surface area contributed by atoms with Gasteiger partial charge in [0.1, 0.15) is 0 Å². The molecule has 1 fully saturated rings. The first-order valence-electron chi connectivity index (χ1n) is 6.14. The van der Waals surface area contributed by atoms with Crippen molar-refractivity contribution in [2.75, 3.05) is 13.2 Å². The van der Waals surface area contributed by atoms with Crippen LogP contribution in [0.25, 0.3) is 0 Å². The molecule has 4 nitrogen and oxygen atoms in total. The Morgan fingerprint density at radius 3 is 3.06 bits per heavy atom. The van der Waals surface area contributed by atoms with Gasteiger partial charge in [-0.25, -0.2) is 0 Å². The lowest BCUT2D eigenvalue weighted by Gasteiger charge is -2.30. The lowest BCUT2D eigenvalue weighted by Crippen LogP contribution is -2.35. The van der Waals surface area contributed by atoms with Crippen LogP contribution in [-0.2, 0) is 19.0 Å². The van der Waals surface area contributed by atoms with E-state index in [0.29, 0.717) is 13.2 Å². The van der Waals surface area contributed by atoms with Gasteiger partial charge < -0.3 is 14.2 Å². The van der Waals surface area contributed by atoms with Crippen LogP contribution in [0.3, 0.4) is 0 Å². The molecule has 0 N–H and O–H groups in total. The SMILES string of the molecule is CCOC(=O)CC1OCC2=CC(C)(C)CC2O1. The fraction of sp³-hybridized carbons (Fsp3) is 0.769. The van der Waals surface area contributed by atoms with Gasteiger partial charge in [-0.05, 0) is 24.3 Å². The summed E-state index contributed by atoms with van der Waals surface area (Å²) < 4.78 is 16.2. The van der Waals surface area contributed by atoms with E-state index >= 15 is 0 Å². The second-order valence-corrected chi connectivity index (χ2v) is 5.29. The highest BCUT2D eigenvalue weighted by Gasteiger charge is 2.37. The predicted molar refractivity (Wildman–Crippen MR) is 62.3 cm³/mol. The summed E-state index contributed by atoms with van der Waals surface area (Å²) in [5.74, 6) is -0.262. The molecule has 1 heterocycles. The number of hydrogen-bond acceptors (Lipinski definition) is 4. The largest absolute Gasteiger partial charge is 0.466 e. The molecule has 2 atom stereocenters. The second-order valence-electron chi connectivity index (χ2n) is 5.29. The summed E-state index contributed by atoms with van der Waals surface area (Å²) in [5.41, 5.74) is 1.37. The van der Waals surface area contributed by atoms with E-state index in [1.165, 1.54) is 5.57 Å². The Hall–Kier alpha value is -0.870. The molecule has 0 radical (unpaired) electrons. The standard InChI is InChI=1S/C13H20O4/c1-4-15-11(14)5-12-16-8-9-6-13(2,3)7-10(9)17-12/h6,10,12H,4-5,7-8H2,1-3H3. The van der Waals surface area contributed by atoms with Crippen LogP contribution >= 0.6 is 0 Å². The fourth-order valence-electron chi connectivity index (χ4n) is 2.41. The molecule has 0 amide bonds. The van der Waals surface area contributed by atoms with E-state index in [-0.39, 0.29) is 23.9 Å². The van der Waals surface area contributed by atoms with Gasteiger partial charge in [0.05, 0.1) is 25.7 Å². The Bertz CT molecular complexity index is 332. The first kappa shape index (κ1) is 12.6. The van der Waals surface area contributed by atoms with Gasteiger partial charge in [-0.3, -0.25) is 4.79 Å². The third kappa shape index (κ3) is 3.07. The third-order valence-corrected chi connectivity index (χ3v) is 3.09. The summed E-state index contributed by atoms with van der Waals surface area (Å²) in [6.45, 7) is 7.12. The molecule has 0 saturated carbocycles. The summed E-state index contributed by atoms with van der Waals surface area (Å²) in [5, 5.41) is 0. The molecule has 0 aromatic carbocycles. The van der Waals surface area contributed by atoms with Gasteiger partial charge >= 0.3 is 5.97 Å². The molecule has 2 aliphatic rings. The van der Waals surface area contributed by atoms with E-state index in [0.717, 1.165) is 6.42 Å². The Kier molecular flexibility index (Phi) is 3.54. The zero-order chi connectivity index (χ0) is 12.5. The second kappa shape index (κ2) is 4.78. The Morgan fingerprint density at radius 2 is 2.35 bits per heavy atom. The highest BCUT2D eigenvalue weighted by atomic mass is 16.7. The zero-order valence-electron chi connectivity index (χ0n) is 10.7. The van der Waals surface area contributed by atoms with Crippen molar-refractivity contribution in [2.24, 2.45) is 5.41 Å². The normalized spacial score (nSPS) is 30.6.